The molecule has 1 amide bonds. The highest BCUT2D eigenvalue weighted by Gasteiger charge is 2.28. The van der Waals surface area contributed by atoms with E-state index in [0.29, 0.717) is 13.0 Å². The van der Waals surface area contributed by atoms with Gasteiger partial charge in [-0.15, -0.1) is 0 Å². The van der Waals surface area contributed by atoms with Crippen LogP contribution in [0.5, 0.6) is 0 Å². The summed E-state index contributed by atoms with van der Waals surface area (Å²) < 4.78 is 22.6. The lowest BCUT2D eigenvalue weighted by Crippen LogP contribution is -2.36. The molecule has 0 spiro atoms. The molecule has 1 atom stereocenters. The molecule has 0 saturated carbocycles. The molecule has 0 radical (unpaired) electrons. The summed E-state index contributed by atoms with van der Waals surface area (Å²) >= 11 is 0. The first-order chi connectivity index (χ1) is 9.00. The molecule has 6 heteroatoms. The third kappa shape index (κ3) is 3.78. The summed E-state index contributed by atoms with van der Waals surface area (Å²) in [6.45, 7) is 0.390. The quantitative estimate of drug-likeness (QED) is 0.813. The maximum atomic E-state index is 11.9. The highest BCUT2D eigenvalue weighted by atomic mass is 32.2. The Morgan fingerprint density at radius 3 is 2.58 bits per heavy atom. The minimum Gasteiger partial charge on any atom is -0.352 e. The molecule has 5 nitrogen and oxygen atoms in total. The molecule has 1 aromatic carbocycles. The van der Waals surface area contributed by atoms with Crippen molar-refractivity contribution in [3.8, 4) is 0 Å². The van der Waals surface area contributed by atoms with Gasteiger partial charge in [-0.1, -0.05) is 24.3 Å². The molecular formula is C13H18N2O3S. The van der Waals surface area contributed by atoms with Crippen molar-refractivity contribution >= 4 is 15.7 Å². The van der Waals surface area contributed by atoms with Crippen LogP contribution in [-0.4, -0.2) is 31.9 Å². The smallest absolute Gasteiger partial charge is 0.224 e. The number of hydrogen-bond acceptors (Lipinski definition) is 4. The summed E-state index contributed by atoms with van der Waals surface area (Å²) in [4.78, 5) is 11.9. The van der Waals surface area contributed by atoms with E-state index in [9.17, 15) is 13.2 Å². The summed E-state index contributed by atoms with van der Waals surface area (Å²) in [5.74, 6) is 0.0669. The zero-order valence-corrected chi connectivity index (χ0v) is 11.4. The number of rotatable bonds is 4. The van der Waals surface area contributed by atoms with Crippen molar-refractivity contribution in [1.82, 2.24) is 5.32 Å². The second kappa shape index (κ2) is 5.71. The van der Waals surface area contributed by atoms with Crippen LogP contribution in [0.1, 0.15) is 17.5 Å². The van der Waals surface area contributed by atoms with Crippen molar-refractivity contribution in [2.75, 3.05) is 11.5 Å². The monoisotopic (exact) mass is 282 g/mol. The molecule has 2 rings (SSSR count). The molecule has 0 aliphatic carbocycles. The Hall–Kier alpha value is -1.40. The van der Waals surface area contributed by atoms with E-state index in [-0.39, 0.29) is 29.9 Å². The number of sulfone groups is 1. The van der Waals surface area contributed by atoms with Gasteiger partial charge in [0.1, 0.15) is 0 Å². The van der Waals surface area contributed by atoms with Gasteiger partial charge in [-0.25, -0.2) is 8.42 Å². The fourth-order valence-corrected chi connectivity index (χ4v) is 3.96. The minimum atomic E-state index is -2.96. The third-order valence-corrected chi connectivity index (χ3v) is 5.05. The highest BCUT2D eigenvalue weighted by molar-refractivity contribution is 7.91. The maximum absolute atomic E-state index is 11.9. The number of nitrogens with one attached hydrogen (secondary N) is 1. The Morgan fingerprint density at radius 2 is 2.00 bits per heavy atom. The fourth-order valence-electron chi connectivity index (χ4n) is 2.29. The van der Waals surface area contributed by atoms with E-state index in [1.807, 2.05) is 24.3 Å². The van der Waals surface area contributed by atoms with Gasteiger partial charge >= 0.3 is 0 Å². The minimum absolute atomic E-state index is 0.0529. The Labute approximate surface area is 113 Å². The van der Waals surface area contributed by atoms with E-state index >= 15 is 0 Å². The fraction of sp³-hybridized carbons (Fsp3) is 0.462. The molecule has 1 heterocycles. The molecule has 0 aromatic heterocycles. The average Bonchev–Trinajstić information content (AvgIpc) is 2.69. The molecule has 1 saturated heterocycles. The Kier molecular flexibility index (Phi) is 4.21. The van der Waals surface area contributed by atoms with Crippen LogP contribution in [0, 0.1) is 0 Å². The van der Waals surface area contributed by atoms with Crippen LogP contribution in [0.3, 0.4) is 0 Å². The molecule has 19 heavy (non-hydrogen) atoms. The first kappa shape index (κ1) is 14.0. The Balaban J connectivity index is 1.95. The van der Waals surface area contributed by atoms with Crippen molar-refractivity contribution in [3.63, 3.8) is 0 Å². The third-order valence-electron chi connectivity index (χ3n) is 3.29. The molecule has 1 fully saturated rings. The van der Waals surface area contributed by atoms with Crippen molar-refractivity contribution in [2.24, 2.45) is 5.73 Å². The summed E-state index contributed by atoms with van der Waals surface area (Å²) in [7, 11) is -2.96. The van der Waals surface area contributed by atoms with Crippen LogP contribution in [0.15, 0.2) is 24.3 Å². The van der Waals surface area contributed by atoms with Crippen molar-refractivity contribution in [1.29, 1.82) is 0 Å². The van der Waals surface area contributed by atoms with Crippen LogP contribution in [0.2, 0.25) is 0 Å². The van der Waals surface area contributed by atoms with Crippen LogP contribution in [-0.2, 0) is 27.6 Å². The lowest BCUT2D eigenvalue weighted by molar-refractivity contribution is -0.121. The van der Waals surface area contributed by atoms with E-state index in [4.69, 9.17) is 5.73 Å². The largest absolute Gasteiger partial charge is 0.352 e. The Bertz CT molecular complexity index is 569. The van der Waals surface area contributed by atoms with E-state index in [1.165, 1.54) is 0 Å². The van der Waals surface area contributed by atoms with E-state index in [1.54, 1.807) is 0 Å². The molecule has 104 valence electrons. The summed E-state index contributed by atoms with van der Waals surface area (Å²) in [6, 6.07) is 7.26. The van der Waals surface area contributed by atoms with Gasteiger partial charge in [-0.2, -0.15) is 0 Å². The van der Waals surface area contributed by atoms with Gasteiger partial charge in [0, 0.05) is 12.6 Å². The number of carbonyl (C=O) groups excluding carboxylic acids is 1. The number of benzene rings is 1. The van der Waals surface area contributed by atoms with Gasteiger partial charge in [0.2, 0.25) is 5.91 Å². The molecule has 0 bridgehead atoms. The molecule has 1 unspecified atom stereocenters. The summed E-state index contributed by atoms with van der Waals surface area (Å²) in [5, 5.41) is 2.78. The predicted octanol–water partition coefficient (Wildman–Crippen LogP) is -0.00890. The number of hydrogen-bond donors (Lipinski definition) is 2. The van der Waals surface area contributed by atoms with E-state index in [2.05, 4.69) is 5.32 Å². The zero-order valence-electron chi connectivity index (χ0n) is 10.6. The van der Waals surface area contributed by atoms with Crippen molar-refractivity contribution in [3.05, 3.63) is 35.4 Å². The number of carbonyl (C=O) groups is 1. The lowest BCUT2D eigenvalue weighted by atomic mass is 10.0. The SMILES string of the molecule is NCc1ccccc1CC(=O)NC1CCS(=O)(=O)C1. The van der Waals surface area contributed by atoms with Gasteiger partial charge in [-0.05, 0) is 17.5 Å². The van der Waals surface area contributed by atoms with Crippen LogP contribution >= 0.6 is 0 Å². The average molecular weight is 282 g/mol. The predicted molar refractivity (Wildman–Crippen MR) is 73.2 cm³/mol. The van der Waals surface area contributed by atoms with Crippen molar-refractivity contribution < 1.29 is 13.2 Å². The summed E-state index contributed by atoms with van der Waals surface area (Å²) in [6.07, 6.45) is 0.747. The van der Waals surface area contributed by atoms with E-state index in [0.717, 1.165) is 11.1 Å². The first-order valence-corrected chi connectivity index (χ1v) is 8.09. The number of amides is 1. The molecule has 3 N–H and O–H groups in total. The molecule has 1 aliphatic heterocycles. The molecule has 1 aromatic rings. The van der Waals surface area contributed by atoms with Crippen LogP contribution in [0.25, 0.3) is 0 Å². The van der Waals surface area contributed by atoms with Gasteiger partial charge in [-0.3, -0.25) is 4.79 Å². The van der Waals surface area contributed by atoms with Gasteiger partial charge < -0.3 is 11.1 Å². The topological polar surface area (TPSA) is 89.3 Å². The second-order valence-corrected chi connectivity index (χ2v) is 7.05. The highest BCUT2D eigenvalue weighted by Crippen LogP contribution is 2.12. The maximum Gasteiger partial charge on any atom is 0.224 e. The van der Waals surface area contributed by atoms with Gasteiger partial charge in [0.15, 0.2) is 9.84 Å². The molecular weight excluding hydrogens is 264 g/mol. The lowest BCUT2D eigenvalue weighted by Gasteiger charge is -2.12. The zero-order chi connectivity index (χ0) is 13.9. The first-order valence-electron chi connectivity index (χ1n) is 6.27. The van der Waals surface area contributed by atoms with Gasteiger partial charge in [0.25, 0.3) is 0 Å². The van der Waals surface area contributed by atoms with Gasteiger partial charge in [0.05, 0.1) is 17.9 Å². The Morgan fingerprint density at radius 1 is 1.32 bits per heavy atom. The summed E-state index contributed by atoms with van der Waals surface area (Å²) in [5.41, 5.74) is 7.45. The second-order valence-electron chi connectivity index (χ2n) is 4.82. The number of nitrogens with two attached hydrogens (primary N) is 1. The standard InChI is InChI=1S/C13H18N2O3S/c14-8-11-4-2-1-3-10(11)7-13(16)15-12-5-6-19(17,18)9-12/h1-4,12H,5-9,14H2,(H,15,16). The van der Waals surface area contributed by atoms with Crippen molar-refractivity contribution in [2.45, 2.75) is 25.4 Å². The van der Waals surface area contributed by atoms with E-state index < -0.39 is 9.84 Å². The van der Waals surface area contributed by atoms with Crippen LogP contribution in [0.4, 0.5) is 0 Å². The van der Waals surface area contributed by atoms with Crippen LogP contribution < -0.4 is 11.1 Å². The molecule has 1 aliphatic rings. The normalized spacial score (nSPS) is 21.2.